The molecule has 2 heteroatoms. The fraction of sp³-hybridized carbons (Fsp3) is 0.308. The molecule has 0 N–H and O–H groups in total. The van der Waals surface area contributed by atoms with Crippen LogP contribution in [-0.2, 0) is 5.41 Å². The van der Waals surface area contributed by atoms with Crippen LogP contribution in [0.4, 0.5) is 0 Å². The van der Waals surface area contributed by atoms with Gasteiger partial charge in [-0.05, 0) is 0 Å². The third-order valence-corrected chi connectivity index (χ3v) is 13.0. The van der Waals surface area contributed by atoms with Gasteiger partial charge >= 0.3 is 183 Å². The Labute approximate surface area is 182 Å². The predicted octanol–water partition coefficient (Wildman–Crippen LogP) is 5.04. The van der Waals surface area contributed by atoms with Gasteiger partial charge in [-0.3, -0.25) is 0 Å². The molecule has 3 aromatic carbocycles. The van der Waals surface area contributed by atoms with E-state index in [0.29, 0.717) is 39.0 Å². The molecule has 0 spiro atoms. The Balaban J connectivity index is 1.65. The van der Waals surface area contributed by atoms with E-state index in [-0.39, 0.29) is 5.41 Å². The van der Waals surface area contributed by atoms with Crippen molar-refractivity contribution in [3.05, 3.63) is 96.1 Å². The molecule has 4 rings (SSSR count). The molecule has 3 aromatic rings. The van der Waals surface area contributed by atoms with Crippen molar-refractivity contribution < 1.29 is 0 Å². The Bertz CT molecular complexity index is 851. The summed E-state index contributed by atoms with van der Waals surface area (Å²) in [6, 6.07) is 32.0. The molecule has 0 bridgehead atoms. The van der Waals surface area contributed by atoms with Crippen molar-refractivity contribution in [1.29, 1.82) is 0 Å². The average molecular weight is 498 g/mol. The first kappa shape index (κ1) is 20.0. The predicted molar refractivity (Wildman–Crippen MR) is 123 cm³/mol. The van der Waals surface area contributed by atoms with Crippen molar-refractivity contribution in [2.45, 2.75) is 48.2 Å². The number of benzene rings is 3. The van der Waals surface area contributed by atoms with Crippen molar-refractivity contribution in [1.82, 2.24) is 0 Å². The number of hydrogen-bond acceptors (Lipinski definition) is 0. The second-order valence-corrected chi connectivity index (χ2v) is 15.8. The van der Waals surface area contributed by atoms with Crippen molar-refractivity contribution in [2.24, 2.45) is 0 Å². The van der Waals surface area contributed by atoms with Crippen molar-refractivity contribution >= 4 is 38.8 Å². The molecule has 0 heterocycles. The Morgan fingerprint density at radius 2 is 1.21 bits per heavy atom. The molecule has 0 saturated heterocycles. The van der Waals surface area contributed by atoms with Crippen LogP contribution in [0.15, 0.2) is 84.9 Å². The van der Waals surface area contributed by atoms with Gasteiger partial charge in [0.1, 0.15) is 0 Å². The summed E-state index contributed by atoms with van der Waals surface area (Å²) in [6.45, 7) is 6.89. The van der Waals surface area contributed by atoms with E-state index in [2.05, 4.69) is 106 Å². The molecule has 1 unspecified atom stereocenters. The van der Waals surface area contributed by atoms with E-state index in [1.807, 2.05) is 0 Å². The minimum absolute atomic E-state index is 0.219. The fourth-order valence-electron chi connectivity index (χ4n) is 3.80. The molecule has 0 radical (unpaired) electrons. The van der Waals surface area contributed by atoms with Gasteiger partial charge in [0.2, 0.25) is 0 Å². The molecular weight excluding hydrogens is 470 g/mol. The molecular formula is C26H28Se2. The van der Waals surface area contributed by atoms with E-state index in [1.54, 1.807) is 14.5 Å². The molecule has 0 aromatic heterocycles. The standard InChI is InChI=1S/C26H28Se2/c1-25(2,3)21-16-14-20(15-17-21)24-18-19-26(24,27-22-10-6-4-7-11-22)28-23-12-8-5-9-13-23/h4-17,24H,18-19H2,1-3H3. The SMILES string of the molecule is CC(C)(C)c1ccc(C2CCC2([Se]c2ccccc2)[Se]c2ccccc2)cc1. The van der Waals surface area contributed by atoms with Crippen molar-refractivity contribution in [3.8, 4) is 0 Å². The first-order chi connectivity index (χ1) is 13.5. The van der Waals surface area contributed by atoms with Gasteiger partial charge in [-0.1, -0.05) is 0 Å². The second kappa shape index (κ2) is 8.21. The van der Waals surface area contributed by atoms with Gasteiger partial charge in [-0.25, -0.2) is 0 Å². The zero-order valence-electron chi connectivity index (χ0n) is 16.9. The first-order valence-corrected chi connectivity index (χ1v) is 13.5. The van der Waals surface area contributed by atoms with Crippen molar-refractivity contribution in [2.75, 3.05) is 0 Å². The van der Waals surface area contributed by atoms with Crippen LogP contribution in [0, 0.1) is 0 Å². The Morgan fingerprint density at radius 1 is 0.714 bits per heavy atom. The Morgan fingerprint density at radius 3 is 1.61 bits per heavy atom. The summed E-state index contributed by atoms with van der Waals surface area (Å²) >= 11 is 0.992. The van der Waals surface area contributed by atoms with Gasteiger partial charge < -0.3 is 0 Å². The molecule has 1 fully saturated rings. The van der Waals surface area contributed by atoms with Crippen LogP contribution in [0.2, 0.25) is 3.21 Å². The molecule has 0 amide bonds. The fourth-order valence-corrected chi connectivity index (χ4v) is 11.9. The molecule has 28 heavy (non-hydrogen) atoms. The summed E-state index contributed by atoms with van der Waals surface area (Å²) in [5.41, 5.74) is 3.20. The van der Waals surface area contributed by atoms with E-state index in [1.165, 1.54) is 18.4 Å². The van der Waals surface area contributed by atoms with Crippen LogP contribution < -0.4 is 8.92 Å². The van der Waals surface area contributed by atoms with Gasteiger partial charge in [0.05, 0.1) is 0 Å². The van der Waals surface area contributed by atoms with E-state index >= 15 is 0 Å². The third-order valence-electron chi connectivity index (χ3n) is 5.56. The summed E-state index contributed by atoms with van der Waals surface area (Å²) in [4.78, 5) is 0. The van der Waals surface area contributed by atoms with Crippen LogP contribution in [0.3, 0.4) is 0 Å². The van der Waals surface area contributed by atoms with Crippen LogP contribution in [-0.4, -0.2) is 29.9 Å². The Hall–Kier alpha value is -1.30. The van der Waals surface area contributed by atoms with E-state index in [4.69, 9.17) is 0 Å². The monoisotopic (exact) mass is 500 g/mol. The van der Waals surface area contributed by atoms with Gasteiger partial charge in [-0.15, -0.1) is 0 Å². The quantitative estimate of drug-likeness (QED) is 0.433. The third kappa shape index (κ3) is 4.32. The minimum atomic E-state index is 0.219. The van der Waals surface area contributed by atoms with E-state index in [9.17, 15) is 0 Å². The van der Waals surface area contributed by atoms with Gasteiger partial charge in [0.15, 0.2) is 0 Å². The molecule has 1 saturated carbocycles. The Kier molecular flexibility index (Phi) is 5.86. The van der Waals surface area contributed by atoms with Crippen LogP contribution in [0.5, 0.6) is 0 Å². The second-order valence-electron chi connectivity index (χ2n) is 8.61. The van der Waals surface area contributed by atoms with Crippen LogP contribution in [0.25, 0.3) is 0 Å². The molecule has 1 aliphatic carbocycles. The molecule has 1 atom stereocenters. The maximum atomic E-state index is 2.42. The van der Waals surface area contributed by atoms with E-state index < -0.39 is 0 Å². The summed E-state index contributed by atoms with van der Waals surface area (Å²) in [5, 5.41) is 0. The van der Waals surface area contributed by atoms with Gasteiger partial charge in [-0.2, -0.15) is 0 Å². The van der Waals surface area contributed by atoms with E-state index in [0.717, 1.165) is 0 Å². The van der Waals surface area contributed by atoms with Gasteiger partial charge in [0.25, 0.3) is 0 Å². The maximum absolute atomic E-state index is 2.42. The number of rotatable bonds is 5. The summed E-state index contributed by atoms with van der Waals surface area (Å²) < 4.78 is 3.54. The summed E-state index contributed by atoms with van der Waals surface area (Å²) in [7, 11) is 0. The zero-order chi connectivity index (χ0) is 19.6. The van der Waals surface area contributed by atoms with Crippen molar-refractivity contribution in [3.63, 3.8) is 0 Å². The van der Waals surface area contributed by atoms with Gasteiger partial charge in [0, 0.05) is 0 Å². The zero-order valence-corrected chi connectivity index (χ0v) is 20.3. The molecule has 144 valence electrons. The average Bonchev–Trinajstić information content (AvgIpc) is 2.68. The first-order valence-electron chi connectivity index (χ1n) is 10.0. The number of hydrogen-bond donors (Lipinski definition) is 0. The van der Waals surface area contributed by atoms with Crippen LogP contribution >= 0.6 is 0 Å². The molecule has 0 aliphatic heterocycles. The topological polar surface area (TPSA) is 0 Å². The summed E-state index contributed by atoms with van der Waals surface area (Å²) in [5.74, 6) is 0.696. The molecule has 0 nitrogen and oxygen atoms in total. The normalized spacial score (nSPS) is 18.5. The summed E-state index contributed by atoms with van der Waals surface area (Å²) in [6.07, 6.45) is 2.69. The van der Waals surface area contributed by atoms with Crippen LogP contribution in [0.1, 0.15) is 50.7 Å². The molecule has 1 aliphatic rings.